The first-order chi connectivity index (χ1) is 9.74. The van der Waals surface area contributed by atoms with E-state index in [1.165, 1.54) is 77.7 Å². The summed E-state index contributed by atoms with van der Waals surface area (Å²) in [5.41, 5.74) is 0. The highest BCUT2D eigenvalue weighted by Crippen LogP contribution is 2.10. The molecule has 0 aliphatic carbocycles. The molecule has 0 saturated carbocycles. The quantitative estimate of drug-likeness (QED) is 0.591. The SMILES string of the molecule is CC(C)N1CCN(CCCCCCCCCCO)CC1. The van der Waals surface area contributed by atoms with Gasteiger partial charge >= 0.3 is 0 Å². The molecule has 0 unspecified atom stereocenters. The first-order valence-corrected chi connectivity index (χ1v) is 8.81. The molecule has 0 radical (unpaired) electrons. The summed E-state index contributed by atoms with van der Waals surface area (Å²) < 4.78 is 0. The molecule has 0 aromatic rings. The third-order valence-corrected chi connectivity index (χ3v) is 4.52. The Morgan fingerprint density at radius 2 is 1.25 bits per heavy atom. The van der Waals surface area contributed by atoms with Crippen molar-refractivity contribution in [1.29, 1.82) is 0 Å². The van der Waals surface area contributed by atoms with Crippen molar-refractivity contribution in [2.24, 2.45) is 0 Å². The lowest BCUT2D eigenvalue weighted by Gasteiger charge is -2.36. The van der Waals surface area contributed by atoms with Gasteiger partial charge in [0.2, 0.25) is 0 Å². The molecule has 1 rings (SSSR count). The second kappa shape index (κ2) is 11.5. The van der Waals surface area contributed by atoms with Gasteiger partial charge < -0.3 is 10.0 Å². The van der Waals surface area contributed by atoms with Gasteiger partial charge in [0.05, 0.1) is 0 Å². The van der Waals surface area contributed by atoms with E-state index in [2.05, 4.69) is 23.6 Å². The maximum absolute atomic E-state index is 8.70. The summed E-state index contributed by atoms with van der Waals surface area (Å²) in [6.07, 6.45) is 10.4. The van der Waals surface area contributed by atoms with Crippen LogP contribution in [0.3, 0.4) is 0 Å². The van der Waals surface area contributed by atoms with Crippen LogP contribution in [-0.2, 0) is 0 Å². The van der Waals surface area contributed by atoms with E-state index in [1.54, 1.807) is 0 Å². The number of unbranched alkanes of at least 4 members (excludes halogenated alkanes) is 7. The Bertz CT molecular complexity index is 213. The van der Waals surface area contributed by atoms with Gasteiger partial charge in [0.1, 0.15) is 0 Å². The summed E-state index contributed by atoms with van der Waals surface area (Å²) >= 11 is 0. The molecule has 0 spiro atoms. The Morgan fingerprint density at radius 1 is 0.750 bits per heavy atom. The third-order valence-electron chi connectivity index (χ3n) is 4.52. The van der Waals surface area contributed by atoms with Crippen molar-refractivity contribution < 1.29 is 5.11 Å². The number of aliphatic hydroxyl groups is 1. The average molecular weight is 284 g/mol. The summed E-state index contributed by atoms with van der Waals surface area (Å²) in [5, 5.41) is 8.70. The topological polar surface area (TPSA) is 26.7 Å². The highest BCUT2D eigenvalue weighted by Gasteiger charge is 2.17. The number of rotatable bonds is 11. The molecule has 120 valence electrons. The standard InChI is InChI=1S/C17H36N2O/c1-17(2)19-14-12-18(13-15-19)11-9-7-5-3-4-6-8-10-16-20/h17,20H,3-16H2,1-2H3. The minimum atomic E-state index is 0.365. The van der Waals surface area contributed by atoms with Crippen molar-refractivity contribution in [2.45, 2.75) is 71.3 Å². The third kappa shape index (κ3) is 8.23. The maximum atomic E-state index is 8.70. The van der Waals surface area contributed by atoms with Crippen molar-refractivity contribution in [1.82, 2.24) is 9.80 Å². The first-order valence-electron chi connectivity index (χ1n) is 8.81. The van der Waals surface area contributed by atoms with E-state index in [0.29, 0.717) is 12.6 Å². The number of hydrogen-bond acceptors (Lipinski definition) is 3. The zero-order chi connectivity index (χ0) is 14.6. The minimum absolute atomic E-state index is 0.365. The van der Waals surface area contributed by atoms with E-state index in [9.17, 15) is 0 Å². The van der Waals surface area contributed by atoms with Crippen LogP contribution in [0.1, 0.15) is 65.2 Å². The zero-order valence-corrected chi connectivity index (χ0v) is 13.8. The Hall–Kier alpha value is -0.120. The summed E-state index contributed by atoms with van der Waals surface area (Å²) in [7, 11) is 0. The van der Waals surface area contributed by atoms with Crippen LogP contribution in [0.15, 0.2) is 0 Å². The van der Waals surface area contributed by atoms with Crippen LogP contribution in [0.5, 0.6) is 0 Å². The Kier molecular flexibility index (Phi) is 10.3. The van der Waals surface area contributed by atoms with E-state index in [4.69, 9.17) is 5.11 Å². The molecule has 1 aliphatic heterocycles. The lowest BCUT2D eigenvalue weighted by atomic mass is 10.1. The van der Waals surface area contributed by atoms with E-state index < -0.39 is 0 Å². The number of piperazine rings is 1. The van der Waals surface area contributed by atoms with Crippen LogP contribution in [0.2, 0.25) is 0 Å². The fourth-order valence-corrected chi connectivity index (χ4v) is 3.01. The van der Waals surface area contributed by atoms with E-state index >= 15 is 0 Å². The molecule has 1 fully saturated rings. The molecule has 1 N–H and O–H groups in total. The molecule has 0 aromatic carbocycles. The summed E-state index contributed by atoms with van der Waals surface area (Å²) in [6.45, 7) is 11.3. The monoisotopic (exact) mass is 284 g/mol. The smallest absolute Gasteiger partial charge is 0.0431 e. The van der Waals surface area contributed by atoms with Crippen LogP contribution in [0, 0.1) is 0 Å². The Labute approximate surface area is 126 Å². The van der Waals surface area contributed by atoms with Gasteiger partial charge in [-0.05, 0) is 33.2 Å². The van der Waals surface area contributed by atoms with Gasteiger partial charge in [-0.1, -0.05) is 38.5 Å². The van der Waals surface area contributed by atoms with Gasteiger partial charge in [-0.2, -0.15) is 0 Å². The normalized spacial score (nSPS) is 18.0. The predicted octanol–water partition coefficient (Wildman–Crippen LogP) is 3.13. The van der Waals surface area contributed by atoms with Gasteiger partial charge in [-0.3, -0.25) is 4.90 Å². The van der Waals surface area contributed by atoms with Gasteiger partial charge in [-0.15, -0.1) is 0 Å². The summed E-state index contributed by atoms with van der Waals surface area (Å²) in [6, 6.07) is 0.711. The molecule has 3 nitrogen and oxygen atoms in total. The van der Waals surface area contributed by atoms with Gasteiger partial charge in [0.25, 0.3) is 0 Å². The zero-order valence-electron chi connectivity index (χ0n) is 13.8. The molecule has 1 saturated heterocycles. The molecule has 1 heterocycles. The van der Waals surface area contributed by atoms with Crippen molar-refractivity contribution in [3.8, 4) is 0 Å². The second-order valence-electron chi connectivity index (χ2n) is 6.52. The Balaban J connectivity index is 1.85. The van der Waals surface area contributed by atoms with E-state index in [1.807, 2.05) is 0 Å². The van der Waals surface area contributed by atoms with Crippen molar-refractivity contribution in [3.05, 3.63) is 0 Å². The number of nitrogens with zero attached hydrogens (tertiary/aromatic N) is 2. The van der Waals surface area contributed by atoms with Gasteiger partial charge in [-0.25, -0.2) is 0 Å². The van der Waals surface area contributed by atoms with Crippen LogP contribution in [0.25, 0.3) is 0 Å². The molecule has 0 bridgehead atoms. The van der Waals surface area contributed by atoms with E-state index in [0.717, 1.165) is 6.42 Å². The van der Waals surface area contributed by atoms with Crippen LogP contribution < -0.4 is 0 Å². The van der Waals surface area contributed by atoms with E-state index in [-0.39, 0.29) is 0 Å². The fourth-order valence-electron chi connectivity index (χ4n) is 3.01. The molecule has 0 aromatic heterocycles. The van der Waals surface area contributed by atoms with Crippen molar-refractivity contribution in [2.75, 3.05) is 39.3 Å². The minimum Gasteiger partial charge on any atom is -0.396 e. The highest BCUT2D eigenvalue weighted by molar-refractivity contribution is 4.73. The molecular formula is C17H36N2O. The molecule has 3 heteroatoms. The van der Waals surface area contributed by atoms with Crippen LogP contribution >= 0.6 is 0 Å². The molecular weight excluding hydrogens is 248 g/mol. The number of aliphatic hydroxyl groups excluding tert-OH is 1. The molecule has 1 aliphatic rings. The molecule has 0 amide bonds. The molecule has 20 heavy (non-hydrogen) atoms. The second-order valence-corrected chi connectivity index (χ2v) is 6.52. The van der Waals surface area contributed by atoms with Crippen molar-refractivity contribution in [3.63, 3.8) is 0 Å². The maximum Gasteiger partial charge on any atom is 0.0431 e. The predicted molar refractivity (Wildman–Crippen MR) is 87.2 cm³/mol. The number of hydrogen-bond donors (Lipinski definition) is 1. The van der Waals surface area contributed by atoms with Gasteiger partial charge in [0.15, 0.2) is 0 Å². The van der Waals surface area contributed by atoms with Crippen molar-refractivity contribution >= 4 is 0 Å². The van der Waals surface area contributed by atoms with Crippen LogP contribution in [-0.4, -0.2) is 60.3 Å². The van der Waals surface area contributed by atoms with Crippen LogP contribution in [0.4, 0.5) is 0 Å². The summed E-state index contributed by atoms with van der Waals surface area (Å²) in [4.78, 5) is 5.23. The largest absolute Gasteiger partial charge is 0.396 e. The summed E-state index contributed by atoms with van der Waals surface area (Å²) in [5.74, 6) is 0. The highest BCUT2D eigenvalue weighted by atomic mass is 16.2. The van der Waals surface area contributed by atoms with Gasteiger partial charge in [0, 0.05) is 38.8 Å². The first kappa shape index (κ1) is 17.9. The lowest BCUT2D eigenvalue weighted by Crippen LogP contribution is -2.48. The average Bonchev–Trinajstić information content (AvgIpc) is 2.46. The fraction of sp³-hybridized carbons (Fsp3) is 1.00. The lowest BCUT2D eigenvalue weighted by molar-refractivity contribution is 0.107. The molecule has 0 atom stereocenters. The Morgan fingerprint density at radius 3 is 1.75 bits per heavy atom.